The molecule has 4 rings (SSSR count). The van der Waals surface area contributed by atoms with E-state index in [4.69, 9.17) is 25.3 Å². The fraction of sp³-hybridized carbons (Fsp3) is 0.280. The van der Waals surface area contributed by atoms with E-state index in [0.717, 1.165) is 11.3 Å². The number of ether oxygens (including phenoxy) is 1. The zero-order valence-corrected chi connectivity index (χ0v) is 20.2. The monoisotopic (exact) mass is 480 g/mol. The van der Waals surface area contributed by atoms with Gasteiger partial charge in [-0.15, -0.1) is 10.2 Å². The van der Waals surface area contributed by atoms with Gasteiger partial charge in [-0.2, -0.15) is 0 Å². The zero-order chi connectivity index (χ0) is 24.2. The summed E-state index contributed by atoms with van der Waals surface area (Å²) in [6.07, 6.45) is 0. The Morgan fingerprint density at radius 2 is 1.91 bits per heavy atom. The molecule has 4 aromatic rings. The average molecular weight is 481 g/mol. The molecule has 0 aliphatic rings. The molecule has 2 aromatic heterocycles. The Labute approximate surface area is 202 Å². The largest absolute Gasteiger partial charge is 0.489 e. The van der Waals surface area contributed by atoms with Crippen molar-refractivity contribution in [3.8, 4) is 17.2 Å². The highest BCUT2D eigenvalue weighted by atomic mass is 35.5. The number of nitrogens with zero attached hydrogens (tertiary/aromatic N) is 4. The lowest BCUT2D eigenvalue weighted by molar-refractivity contribution is 0.0672. The Balaban J connectivity index is 1.49. The van der Waals surface area contributed by atoms with Gasteiger partial charge in [-0.25, -0.2) is 0 Å². The van der Waals surface area contributed by atoms with Crippen LogP contribution in [0.15, 0.2) is 57.5 Å². The second-order valence-corrected chi connectivity index (χ2v) is 8.53. The number of hydrogen-bond acceptors (Lipinski definition) is 7. The molecule has 2 heterocycles. The summed E-state index contributed by atoms with van der Waals surface area (Å²) in [5.74, 6) is 1.75. The van der Waals surface area contributed by atoms with Gasteiger partial charge in [-0.05, 0) is 58.0 Å². The maximum atomic E-state index is 13.3. The quantitative estimate of drug-likeness (QED) is 0.322. The fourth-order valence-corrected chi connectivity index (χ4v) is 3.66. The van der Waals surface area contributed by atoms with Crippen molar-refractivity contribution in [2.75, 3.05) is 0 Å². The van der Waals surface area contributed by atoms with E-state index >= 15 is 0 Å². The molecule has 0 bridgehead atoms. The Kier molecular flexibility index (Phi) is 6.98. The third kappa shape index (κ3) is 5.12. The molecule has 9 heteroatoms. The van der Waals surface area contributed by atoms with E-state index in [9.17, 15) is 4.79 Å². The predicted molar refractivity (Wildman–Crippen MR) is 127 cm³/mol. The SMILES string of the molecule is Cc1noc(C)c1COc1cccc(C(=O)N(Cc2nnc(-c3ccccc3Cl)o2)C(C)C)c1. The van der Waals surface area contributed by atoms with Crippen LogP contribution in [0.25, 0.3) is 11.5 Å². The lowest BCUT2D eigenvalue weighted by atomic mass is 10.1. The summed E-state index contributed by atoms with van der Waals surface area (Å²) >= 11 is 6.23. The first-order valence-corrected chi connectivity index (χ1v) is 11.2. The molecular weight excluding hydrogens is 456 g/mol. The van der Waals surface area contributed by atoms with Gasteiger partial charge in [0.25, 0.3) is 5.91 Å². The number of carbonyl (C=O) groups excluding carboxylic acids is 1. The molecule has 0 atom stereocenters. The van der Waals surface area contributed by atoms with E-state index in [0.29, 0.717) is 46.0 Å². The van der Waals surface area contributed by atoms with Crippen molar-refractivity contribution >= 4 is 17.5 Å². The maximum absolute atomic E-state index is 13.3. The maximum Gasteiger partial charge on any atom is 0.254 e. The number of aromatic nitrogens is 3. The molecule has 2 aromatic carbocycles. The summed E-state index contributed by atoms with van der Waals surface area (Å²) in [7, 11) is 0. The van der Waals surface area contributed by atoms with Crippen LogP contribution >= 0.6 is 11.6 Å². The summed E-state index contributed by atoms with van der Waals surface area (Å²) in [6, 6.07) is 14.2. The minimum Gasteiger partial charge on any atom is -0.489 e. The van der Waals surface area contributed by atoms with Gasteiger partial charge in [0.05, 0.1) is 28.4 Å². The first-order chi connectivity index (χ1) is 16.3. The molecule has 8 nitrogen and oxygen atoms in total. The number of hydrogen-bond donors (Lipinski definition) is 0. The topological polar surface area (TPSA) is 94.5 Å². The van der Waals surface area contributed by atoms with Gasteiger partial charge in [0.15, 0.2) is 0 Å². The van der Waals surface area contributed by atoms with E-state index in [-0.39, 0.29) is 18.5 Å². The number of rotatable bonds is 8. The third-order valence-electron chi connectivity index (χ3n) is 5.41. The van der Waals surface area contributed by atoms with Crippen molar-refractivity contribution in [3.05, 3.63) is 82.0 Å². The normalized spacial score (nSPS) is 11.1. The zero-order valence-electron chi connectivity index (χ0n) is 19.4. The Bertz CT molecular complexity index is 1280. The van der Waals surface area contributed by atoms with E-state index in [1.807, 2.05) is 45.9 Å². The minimum absolute atomic E-state index is 0.102. The minimum atomic E-state index is -0.171. The lowest BCUT2D eigenvalue weighted by Gasteiger charge is -2.25. The van der Waals surface area contributed by atoms with E-state index in [1.54, 1.807) is 35.2 Å². The molecule has 1 amide bonds. The van der Waals surface area contributed by atoms with Crippen LogP contribution in [0.5, 0.6) is 5.75 Å². The summed E-state index contributed by atoms with van der Waals surface area (Å²) in [6.45, 7) is 8.04. The highest BCUT2D eigenvalue weighted by Gasteiger charge is 2.23. The van der Waals surface area contributed by atoms with Crippen molar-refractivity contribution in [2.45, 2.75) is 46.9 Å². The van der Waals surface area contributed by atoms with Crippen LogP contribution in [0.2, 0.25) is 5.02 Å². The van der Waals surface area contributed by atoms with Gasteiger partial charge < -0.3 is 18.6 Å². The predicted octanol–water partition coefficient (Wildman–Crippen LogP) is 5.62. The van der Waals surface area contributed by atoms with Crippen LogP contribution in [-0.2, 0) is 13.2 Å². The molecular formula is C25H25ClN4O4. The number of halogens is 1. The van der Waals surface area contributed by atoms with Crippen molar-refractivity contribution < 1.29 is 18.5 Å². The summed E-state index contributed by atoms with van der Waals surface area (Å²) in [5.41, 5.74) is 2.82. The van der Waals surface area contributed by atoms with Crippen molar-refractivity contribution in [3.63, 3.8) is 0 Å². The van der Waals surface area contributed by atoms with E-state index in [1.165, 1.54) is 0 Å². The highest BCUT2D eigenvalue weighted by molar-refractivity contribution is 6.33. The van der Waals surface area contributed by atoms with Crippen molar-refractivity contribution in [1.82, 2.24) is 20.3 Å². The third-order valence-corrected chi connectivity index (χ3v) is 5.74. The van der Waals surface area contributed by atoms with Gasteiger partial charge in [-0.3, -0.25) is 4.79 Å². The van der Waals surface area contributed by atoms with Gasteiger partial charge in [0, 0.05) is 11.6 Å². The van der Waals surface area contributed by atoms with Gasteiger partial charge in [-0.1, -0.05) is 35.0 Å². The second-order valence-electron chi connectivity index (χ2n) is 8.13. The Morgan fingerprint density at radius 1 is 1.12 bits per heavy atom. The standard InChI is InChI=1S/C25H25ClN4O4/c1-15(2)30(13-23-27-28-24(33-23)20-10-5-6-11-22(20)26)25(31)18-8-7-9-19(12-18)32-14-21-16(3)29-34-17(21)4/h5-12,15H,13-14H2,1-4H3. The molecule has 0 spiro atoms. The molecule has 176 valence electrons. The Morgan fingerprint density at radius 3 is 2.62 bits per heavy atom. The summed E-state index contributed by atoms with van der Waals surface area (Å²) < 4.78 is 16.9. The molecule has 0 aliphatic carbocycles. The van der Waals surface area contributed by atoms with Gasteiger partial charge in [0.1, 0.15) is 18.1 Å². The van der Waals surface area contributed by atoms with Crippen LogP contribution in [0.4, 0.5) is 0 Å². The van der Waals surface area contributed by atoms with Crippen LogP contribution in [0.3, 0.4) is 0 Å². The first kappa shape index (κ1) is 23.5. The van der Waals surface area contributed by atoms with Crippen LogP contribution in [0, 0.1) is 13.8 Å². The average Bonchev–Trinajstić information content (AvgIpc) is 3.42. The summed E-state index contributed by atoms with van der Waals surface area (Å²) in [4.78, 5) is 15.0. The van der Waals surface area contributed by atoms with Crippen LogP contribution < -0.4 is 4.74 Å². The van der Waals surface area contributed by atoms with Crippen molar-refractivity contribution in [2.24, 2.45) is 0 Å². The second kappa shape index (κ2) is 10.1. The highest BCUT2D eigenvalue weighted by Crippen LogP contribution is 2.27. The van der Waals surface area contributed by atoms with Gasteiger partial charge in [0.2, 0.25) is 11.8 Å². The lowest BCUT2D eigenvalue weighted by Crippen LogP contribution is -2.36. The van der Waals surface area contributed by atoms with Crippen molar-refractivity contribution in [1.29, 1.82) is 0 Å². The van der Waals surface area contributed by atoms with Crippen LogP contribution in [0.1, 0.15) is 47.1 Å². The van der Waals surface area contributed by atoms with Crippen LogP contribution in [-0.4, -0.2) is 32.2 Å². The fourth-order valence-electron chi connectivity index (χ4n) is 3.44. The molecule has 34 heavy (non-hydrogen) atoms. The molecule has 0 saturated carbocycles. The molecule has 0 unspecified atom stereocenters. The van der Waals surface area contributed by atoms with E-state index in [2.05, 4.69) is 15.4 Å². The molecule has 0 radical (unpaired) electrons. The number of aryl methyl sites for hydroxylation is 2. The Hall–Kier alpha value is -3.65. The number of amides is 1. The molecule has 0 aliphatic heterocycles. The molecule has 0 saturated heterocycles. The van der Waals surface area contributed by atoms with Gasteiger partial charge >= 0.3 is 0 Å². The number of benzene rings is 2. The molecule has 0 N–H and O–H groups in total. The summed E-state index contributed by atoms with van der Waals surface area (Å²) in [5, 5.41) is 12.7. The number of carbonyl (C=O) groups is 1. The first-order valence-electron chi connectivity index (χ1n) is 10.9. The molecule has 0 fully saturated rings. The van der Waals surface area contributed by atoms with E-state index < -0.39 is 0 Å². The smallest absolute Gasteiger partial charge is 0.254 e.